The van der Waals surface area contributed by atoms with Crippen molar-refractivity contribution in [3.05, 3.63) is 63.7 Å². The molecule has 40 heavy (non-hydrogen) atoms. The molecule has 1 aliphatic rings. The summed E-state index contributed by atoms with van der Waals surface area (Å²) in [5.41, 5.74) is 4.45. The second kappa shape index (κ2) is 10.3. The average Bonchev–Trinajstić information content (AvgIpc) is 3.22. The molecule has 5 rings (SSSR count). The summed E-state index contributed by atoms with van der Waals surface area (Å²) in [6, 6.07) is 0.166. The maximum Gasteiger partial charge on any atom is 0.417 e. The van der Waals surface area contributed by atoms with Gasteiger partial charge in [-0.25, -0.2) is 15.0 Å². The number of nitrogens with one attached hydrogen (secondary N) is 2. The third kappa shape index (κ3) is 4.88. The number of alkyl halides is 3. The molecular formula is C24H23ClF3N9O3. The molecule has 0 saturated heterocycles. The molecule has 16 heteroatoms. The van der Waals surface area contributed by atoms with Crippen LogP contribution in [0.2, 0.25) is 5.02 Å². The number of ether oxygens (including phenoxy) is 1. The van der Waals surface area contributed by atoms with Crippen LogP contribution < -0.4 is 26.7 Å². The summed E-state index contributed by atoms with van der Waals surface area (Å²) in [7, 11) is 3.20. The fourth-order valence-electron chi connectivity index (χ4n) is 4.30. The van der Waals surface area contributed by atoms with E-state index in [-0.39, 0.29) is 52.2 Å². The number of hydrogen-bond donors (Lipinski definition) is 4. The van der Waals surface area contributed by atoms with Gasteiger partial charge < -0.3 is 35.3 Å². The number of nitrogens with two attached hydrogens (primary N) is 1. The van der Waals surface area contributed by atoms with E-state index in [2.05, 4.69) is 30.6 Å². The number of anilines is 3. The Hall–Kier alpha value is -4.37. The van der Waals surface area contributed by atoms with Crippen molar-refractivity contribution in [2.24, 2.45) is 12.8 Å². The van der Waals surface area contributed by atoms with Gasteiger partial charge in [0.2, 0.25) is 5.95 Å². The number of aromatic nitrogens is 6. The molecule has 210 valence electrons. The summed E-state index contributed by atoms with van der Waals surface area (Å²) in [4.78, 5) is 30.1. The van der Waals surface area contributed by atoms with Gasteiger partial charge in [0.05, 0.1) is 17.9 Å². The first-order valence-electron chi connectivity index (χ1n) is 11.9. The molecule has 0 spiro atoms. The van der Waals surface area contributed by atoms with Gasteiger partial charge in [-0.05, 0) is 18.9 Å². The van der Waals surface area contributed by atoms with Gasteiger partial charge >= 0.3 is 6.18 Å². The van der Waals surface area contributed by atoms with Gasteiger partial charge in [0, 0.05) is 44.9 Å². The Balaban J connectivity index is 1.52. The van der Waals surface area contributed by atoms with Gasteiger partial charge in [-0.3, -0.25) is 4.79 Å². The average molecular weight is 578 g/mol. The molecule has 12 nitrogen and oxygen atoms in total. The first-order valence-corrected chi connectivity index (χ1v) is 12.3. The lowest BCUT2D eigenvalue weighted by molar-refractivity contribution is -0.138. The predicted molar refractivity (Wildman–Crippen MR) is 141 cm³/mol. The molecular weight excluding hydrogens is 555 g/mol. The predicted octanol–water partition coefficient (Wildman–Crippen LogP) is 3.41. The number of aliphatic hydroxyl groups excluding tert-OH is 1. The number of nitrogens with zero attached hydrogens (tertiary/aromatic N) is 6. The van der Waals surface area contributed by atoms with E-state index < -0.39 is 29.4 Å². The summed E-state index contributed by atoms with van der Waals surface area (Å²) >= 11 is 6.64. The highest BCUT2D eigenvalue weighted by Crippen LogP contribution is 2.37. The Morgan fingerprint density at radius 2 is 2.00 bits per heavy atom. The molecule has 0 aliphatic heterocycles. The maximum atomic E-state index is 13.6. The fraction of sp³-hybridized carbons (Fsp3) is 0.292. The molecule has 4 aromatic heterocycles. The second-order valence-electron chi connectivity index (χ2n) is 9.00. The van der Waals surface area contributed by atoms with Crippen LogP contribution in [0.15, 0.2) is 41.8 Å². The van der Waals surface area contributed by atoms with Gasteiger partial charge in [0.25, 0.3) is 5.56 Å². The number of imidazole rings is 1. The van der Waals surface area contributed by atoms with Gasteiger partial charge in [0.1, 0.15) is 21.9 Å². The number of fused-ring (bicyclic) bond motifs is 1. The van der Waals surface area contributed by atoms with Crippen molar-refractivity contribution in [2.45, 2.75) is 31.2 Å². The van der Waals surface area contributed by atoms with Crippen LogP contribution in [0.1, 0.15) is 30.1 Å². The molecule has 4 aromatic rings. The van der Waals surface area contributed by atoms with Crippen LogP contribution in [0.3, 0.4) is 0 Å². The van der Waals surface area contributed by atoms with Crippen molar-refractivity contribution < 1.29 is 23.0 Å². The van der Waals surface area contributed by atoms with Crippen LogP contribution in [0, 0.1) is 0 Å². The highest BCUT2D eigenvalue weighted by Gasteiger charge is 2.36. The maximum absolute atomic E-state index is 13.6. The Bertz CT molecular complexity index is 1680. The van der Waals surface area contributed by atoms with E-state index in [0.29, 0.717) is 11.5 Å². The molecule has 0 atom stereocenters. The largest absolute Gasteiger partial charge is 0.450 e. The number of rotatable bonds is 7. The molecule has 0 amide bonds. The highest BCUT2D eigenvalue weighted by molar-refractivity contribution is 6.36. The van der Waals surface area contributed by atoms with Gasteiger partial charge in [0.15, 0.2) is 23.0 Å². The number of halogens is 4. The number of hydrogen-bond acceptors (Lipinski definition) is 10. The Morgan fingerprint density at radius 1 is 1.27 bits per heavy atom. The normalized spacial score (nSPS) is 17.5. The zero-order chi connectivity index (χ0) is 28.8. The third-order valence-electron chi connectivity index (χ3n) is 6.44. The smallest absolute Gasteiger partial charge is 0.417 e. The van der Waals surface area contributed by atoms with Crippen LogP contribution in [-0.2, 0) is 13.2 Å². The van der Waals surface area contributed by atoms with Gasteiger partial charge in [-0.2, -0.15) is 18.2 Å². The minimum absolute atomic E-state index is 0.0131. The number of aryl methyl sites for hydroxylation is 1. The van der Waals surface area contributed by atoms with E-state index in [4.69, 9.17) is 22.1 Å². The van der Waals surface area contributed by atoms with Crippen molar-refractivity contribution in [1.82, 2.24) is 29.1 Å². The second-order valence-corrected chi connectivity index (χ2v) is 9.37. The lowest BCUT2D eigenvalue weighted by Crippen LogP contribution is -2.37. The van der Waals surface area contributed by atoms with Crippen molar-refractivity contribution in [3.8, 4) is 5.75 Å². The number of aliphatic hydroxyl groups is 1. The molecule has 0 radical (unpaired) electrons. The van der Waals surface area contributed by atoms with E-state index in [9.17, 15) is 23.1 Å². The van der Waals surface area contributed by atoms with E-state index >= 15 is 0 Å². The van der Waals surface area contributed by atoms with Crippen molar-refractivity contribution in [3.63, 3.8) is 0 Å². The van der Waals surface area contributed by atoms with E-state index in [1.165, 1.54) is 29.4 Å². The Morgan fingerprint density at radius 3 is 2.65 bits per heavy atom. The SMILES string of the molecule is CNc1nccnc1C(=CN)Oc1cnc2nc(Nc3cc(C(F)(F)F)cn(C4CC(O)C4)c3=O)n(C)c2c1Cl. The monoisotopic (exact) mass is 577 g/mol. The molecule has 5 N–H and O–H groups in total. The summed E-state index contributed by atoms with van der Waals surface area (Å²) in [5, 5.41) is 15.3. The molecule has 4 heterocycles. The molecule has 1 aliphatic carbocycles. The molecule has 0 aromatic carbocycles. The molecule has 0 unspecified atom stereocenters. The summed E-state index contributed by atoms with van der Waals surface area (Å²) in [6.07, 6.45) is 1.19. The van der Waals surface area contributed by atoms with Crippen LogP contribution in [0.5, 0.6) is 5.75 Å². The van der Waals surface area contributed by atoms with Crippen LogP contribution >= 0.6 is 11.6 Å². The van der Waals surface area contributed by atoms with Crippen molar-refractivity contribution in [2.75, 3.05) is 17.7 Å². The number of pyridine rings is 2. The minimum atomic E-state index is -4.71. The Kier molecular flexibility index (Phi) is 7.01. The Labute approximate surface area is 229 Å². The first kappa shape index (κ1) is 27.2. The lowest BCUT2D eigenvalue weighted by atomic mass is 9.89. The fourth-order valence-corrected chi connectivity index (χ4v) is 4.60. The molecule has 1 fully saturated rings. The standard InChI is InChI=1S/C24H23ClF3N9O3/c1-30-20-18(31-3-4-32-20)15(8-29)40-16-9-33-21-19(17(16)25)36(2)23(35-21)34-14-5-11(24(26,27)28)10-37(22(14)39)12-6-13(38)7-12/h3-5,8-10,12-13,38H,6-7,29H2,1-2H3,(H,30,32)(H,33,34,35). The van der Waals surface area contributed by atoms with Crippen molar-refractivity contribution in [1.29, 1.82) is 0 Å². The van der Waals surface area contributed by atoms with Crippen molar-refractivity contribution >= 4 is 46.0 Å². The van der Waals surface area contributed by atoms with Crippen LogP contribution in [0.4, 0.5) is 30.6 Å². The lowest BCUT2D eigenvalue weighted by Gasteiger charge is -2.33. The summed E-state index contributed by atoms with van der Waals surface area (Å²) in [5.74, 6) is 0.642. The van der Waals surface area contributed by atoms with E-state index in [1.807, 2.05) is 0 Å². The third-order valence-corrected chi connectivity index (χ3v) is 6.81. The zero-order valence-electron chi connectivity index (χ0n) is 21.1. The highest BCUT2D eigenvalue weighted by atomic mass is 35.5. The minimum Gasteiger partial charge on any atom is -0.450 e. The quantitative estimate of drug-likeness (QED) is 0.240. The van der Waals surface area contributed by atoms with E-state index in [1.54, 1.807) is 14.1 Å². The molecule has 0 bridgehead atoms. The zero-order valence-corrected chi connectivity index (χ0v) is 21.8. The van der Waals surface area contributed by atoms with Crippen LogP contribution in [0.25, 0.3) is 16.9 Å². The van der Waals surface area contributed by atoms with E-state index in [0.717, 1.165) is 16.8 Å². The molecule has 1 saturated carbocycles. The summed E-state index contributed by atoms with van der Waals surface area (Å²) in [6.45, 7) is 0. The summed E-state index contributed by atoms with van der Waals surface area (Å²) < 4.78 is 49.3. The first-order chi connectivity index (χ1) is 19.0. The van der Waals surface area contributed by atoms with Gasteiger partial charge in [-0.1, -0.05) is 11.6 Å². The van der Waals surface area contributed by atoms with Crippen LogP contribution in [-0.4, -0.2) is 47.3 Å². The topological polar surface area (TPSA) is 158 Å². The van der Waals surface area contributed by atoms with Gasteiger partial charge in [-0.15, -0.1) is 0 Å².